The maximum Gasteiger partial charge on any atom is 0.241 e. The number of nitrogens with zero attached hydrogens (tertiary/aromatic N) is 1. The van der Waals surface area contributed by atoms with Gasteiger partial charge in [0, 0.05) is 13.1 Å². The number of rotatable bonds is 7. The third-order valence-corrected chi connectivity index (χ3v) is 5.60. The molecule has 0 unspecified atom stereocenters. The van der Waals surface area contributed by atoms with Crippen molar-refractivity contribution in [1.29, 1.82) is 0 Å². The molecule has 1 aromatic rings. The van der Waals surface area contributed by atoms with E-state index in [-0.39, 0.29) is 22.8 Å². The first-order valence-corrected chi connectivity index (χ1v) is 10.3. The lowest BCUT2D eigenvalue weighted by Crippen LogP contribution is -2.50. The molecule has 0 bridgehead atoms. The van der Waals surface area contributed by atoms with Gasteiger partial charge in [-0.15, -0.1) is 0 Å². The first kappa shape index (κ1) is 19.7. The Kier molecular flexibility index (Phi) is 6.46. The zero-order chi connectivity index (χ0) is 18.6. The molecule has 140 valence electrons. The Hall–Kier alpha value is -1.60. The van der Waals surface area contributed by atoms with Crippen molar-refractivity contribution in [3.63, 3.8) is 0 Å². The van der Waals surface area contributed by atoms with E-state index in [1.807, 2.05) is 27.7 Å². The number of amides is 1. The Morgan fingerprint density at radius 2 is 1.64 bits per heavy atom. The molecule has 1 atom stereocenters. The Morgan fingerprint density at radius 3 is 2.12 bits per heavy atom. The number of benzene rings is 1. The molecule has 2 rings (SSSR count). The fraction of sp³-hybridized carbons (Fsp3) is 0.611. The summed E-state index contributed by atoms with van der Waals surface area (Å²) in [5.41, 5.74) is 0. The van der Waals surface area contributed by atoms with Gasteiger partial charge in [-0.25, -0.2) is 8.42 Å². The monoisotopic (exact) mass is 368 g/mol. The molecular weight excluding hydrogens is 340 g/mol. The van der Waals surface area contributed by atoms with Gasteiger partial charge in [0.1, 0.15) is 11.8 Å². The molecule has 0 spiro atoms. The number of carbonyl (C=O) groups is 1. The number of carbonyl (C=O) groups excluding carboxylic acids is 1. The molecule has 1 aliphatic rings. The quantitative estimate of drug-likeness (QED) is 0.802. The molecule has 0 aromatic heterocycles. The first-order valence-electron chi connectivity index (χ1n) is 8.78. The van der Waals surface area contributed by atoms with E-state index in [4.69, 9.17) is 4.74 Å². The van der Waals surface area contributed by atoms with Gasteiger partial charge in [0.2, 0.25) is 15.9 Å². The third kappa shape index (κ3) is 5.19. The standard InChI is InChI=1S/C18H28N2O4S/c1-13(2)17(18(21)20-11-5-6-12-20)19-25(22,23)16-9-7-15(8-10-16)24-14(3)4/h7-10,13-14,17,19H,5-6,11-12H2,1-4H3/t17-/m0/s1. The number of sulfonamides is 1. The van der Waals surface area contributed by atoms with Crippen molar-refractivity contribution in [2.24, 2.45) is 5.92 Å². The molecule has 0 radical (unpaired) electrons. The summed E-state index contributed by atoms with van der Waals surface area (Å²) < 4.78 is 33.5. The van der Waals surface area contributed by atoms with Crippen molar-refractivity contribution in [2.45, 2.75) is 57.6 Å². The number of likely N-dealkylation sites (tertiary alicyclic amines) is 1. The lowest BCUT2D eigenvalue weighted by atomic mass is 10.0. The Labute approximate surface area is 150 Å². The van der Waals surface area contributed by atoms with Crippen LogP contribution in [0.5, 0.6) is 5.75 Å². The molecular formula is C18H28N2O4S. The van der Waals surface area contributed by atoms with Gasteiger partial charge in [0.15, 0.2) is 0 Å². The van der Waals surface area contributed by atoms with Crippen LogP contribution in [0, 0.1) is 5.92 Å². The maximum atomic E-state index is 12.7. The second kappa shape index (κ2) is 8.19. The highest BCUT2D eigenvalue weighted by Crippen LogP contribution is 2.19. The molecule has 0 saturated carbocycles. The third-order valence-electron chi connectivity index (χ3n) is 4.14. The number of hydrogen-bond acceptors (Lipinski definition) is 4. The molecule has 1 amide bonds. The van der Waals surface area contributed by atoms with Crippen LogP contribution in [-0.4, -0.2) is 44.5 Å². The highest BCUT2D eigenvalue weighted by Gasteiger charge is 2.32. The van der Waals surface area contributed by atoms with Crippen LogP contribution in [0.3, 0.4) is 0 Å². The van der Waals surface area contributed by atoms with Crippen LogP contribution in [-0.2, 0) is 14.8 Å². The molecule has 1 heterocycles. The van der Waals surface area contributed by atoms with Gasteiger partial charge in [-0.05, 0) is 56.9 Å². The van der Waals surface area contributed by atoms with Gasteiger partial charge in [0.25, 0.3) is 0 Å². The SMILES string of the molecule is CC(C)Oc1ccc(S(=O)(=O)N[C@H](C(=O)N2CCCC2)C(C)C)cc1. The average molecular weight is 368 g/mol. The summed E-state index contributed by atoms with van der Waals surface area (Å²) in [6.45, 7) is 8.91. The largest absolute Gasteiger partial charge is 0.491 e. The predicted octanol–water partition coefficient (Wildman–Crippen LogP) is 2.40. The topological polar surface area (TPSA) is 75.7 Å². The summed E-state index contributed by atoms with van der Waals surface area (Å²) in [4.78, 5) is 14.5. The Morgan fingerprint density at radius 1 is 1.08 bits per heavy atom. The molecule has 1 fully saturated rings. The Balaban J connectivity index is 2.15. The fourth-order valence-electron chi connectivity index (χ4n) is 2.81. The molecule has 7 heteroatoms. The zero-order valence-corrected chi connectivity index (χ0v) is 16.2. The van der Waals surface area contributed by atoms with E-state index in [2.05, 4.69) is 4.72 Å². The Bertz CT molecular complexity index is 678. The van der Waals surface area contributed by atoms with E-state index < -0.39 is 16.1 Å². The summed E-state index contributed by atoms with van der Waals surface area (Å²) >= 11 is 0. The van der Waals surface area contributed by atoms with Crippen LogP contribution in [0.2, 0.25) is 0 Å². The van der Waals surface area contributed by atoms with Crippen molar-refractivity contribution >= 4 is 15.9 Å². The van der Waals surface area contributed by atoms with Crippen LogP contribution >= 0.6 is 0 Å². The van der Waals surface area contributed by atoms with Crippen LogP contribution in [0.1, 0.15) is 40.5 Å². The van der Waals surface area contributed by atoms with E-state index >= 15 is 0 Å². The van der Waals surface area contributed by atoms with Gasteiger partial charge < -0.3 is 9.64 Å². The lowest BCUT2D eigenvalue weighted by molar-refractivity contribution is -0.132. The van der Waals surface area contributed by atoms with Crippen molar-refractivity contribution in [2.75, 3.05) is 13.1 Å². The molecule has 1 aliphatic heterocycles. The van der Waals surface area contributed by atoms with Crippen LogP contribution in [0.15, 0.2) is 29.2 Å². The second-order valence-electron chi connectivity index (χ2n) is 7.01. The molecule has 1 saturated heterocycles. The normalized spacial score (nSPS) is 16.5. The van der Waals surface area contributed by atoms with Gasteiger partial charge >= 0.3 is 0 Å². The minimum atomic E-state index is -3.78. The molecule has 1 N–H and O–H groups in total. The van der Waals surface area contributed by atoms with Crippen molar-refractivity contribution in [3.05, 3.63) is 24.3 Å². The van der Waals surface area contributed by atoms with E-state index in [1.165, 1.54) is 12.1 Å². The van der Waals surface area contributed by atoms with Gasteiger partial charge in [-0.3, -0.25) is 4.79 Å². The molecule has 6 nitrogen and oxygen atoms in total. The predicted molar refractivity (Wildman–Crippen MR) is 97.0 cm³/mol. The molecule has 25 heavy (non-hydrogen) atoms. The van der Waals surface area contributed by atoms with E-state index in [0.29, 0.717) is 18.8 Å². The van der Waals surface area contributed by atoms with Crippen molar-refractivity contribution in [1.82, 2.24) is 9.62 Å². The van der Waals surface area contributed by atoms with Crippen LogP contribution < -0.4 is 9.46 Å². The van der Waals surface area contributed by atoms with E-state index in [1.54, 1.807) is 17.0 Å². The second-order valence-corrected chi connectivity index (χ2v) is 8.73. The molecule has 0 aliphatic carbocycles. The smallest absolute Gasteiger partial charge is 0.241 e. The molecule has 1 aromatic carbocycles. The number of hydrogen-bond donors (Lipinski definition) is 1. The average Bonchev–Trinajstić information content (AvgIpc) is 3.06. The van der Waals surface area contributed by atoms with Crippen LogP contribution in [0.4, 0.5) is 0 Å². The minimum Gasteiger partial charge on any atom is -0.491 e. The summed E-state index contributed by atoms with van der Waals surface area (Å²) in [7, 11) is -3.78. The van der Waals surface area contributed by atoms with Gasteiger partial charge in [-0.2, -0.15) is 4.72 Å². The van der Waals surface area contributed by atoms with E-state index in [0.717, 1.165) is 12.8 Å². The summed E-state index contributed by atoms with van der Waals surface area (Å²) in [5.74, 6) is 0.338. The summed E-state index contributed by atoms with van der Waals surface area (Å²) in [6.07, 6.45) is 1.96. The number of nitrogens with one attached hydrogen (secondary N) is 1. The summed E-state index contributed by atoms with van der Waals surface area (Å²) in [5, 5.41) is 0. The van der Waals surface area contributed by atoms with Gasteiger partial charge in [0.05, 0.1) is 11.0 Å². The maximum absolute atomic E-state index is 12.7. The fourth-order valence-corrected chi connectivity index (χ4v) is 4.15. The lowest BCUT2D eigenvalue weighted by Gasteiger charge is -2.26. The highest BCUT2D eigenvalue weighted by atomic mass is 32.2. The number of ether oxygens (including phenoxy) is 1. The van der Waals surface area contributed by atoms with Gasteiger partial charge in [-0.1, -0.05) is 13.8 Å². The summed E-state index contributed by atoms with van der Waals surface area (Å²) in [6, 6.07) is 5.49. The zero-order valence-electron chi connectivity index (χ0n) is 15.4. The minimum absolute atomic E-state index is 0.0176. The van der Waals surface area contributed by atoms with Crippen LogP contribution in [0.25, 0.3) is 0 Å². The van der Waals surface area contributed by atoms with Crippen molar-refractivity contribution < 1.29 is 17.9 Å². The van der Waals surface area contributed by atoms with Crippen molar-refractivity contribution in [3.8, 4) is 5.75 Å². The highest BCUT2D eigenvalue weighted by molar-refractivity contribution is 7.89. The first-order chi connectivity index (χ1) is 11.7. The van der Waals surface area contributed by atoms with E-state index in [9.17, 15) is 13.2 Å².